The van der Waals surface area contributed by atoms with Crippen molar-refractivity contribution < 1.29 is 101 Å². The number of Topliss-reactive ketones (excluding diaryl/α,β-unsaturated/α-hetero) is 3. The SMILES string of the molecule is C=CCNC(=O)C(=O)C(CC1CC1)NC(=O)[C@@H]1[C@@H]2[C@H](CN1C(=O)[C@@H](NC(=O)NC1(CN3C(=O)c4ccccc4C3=O)CCCCC1)C(C)(C)C)C2(C)C.CC(C)(C)[C@H](NC(=O)N[C@H](CN1C(=O)CCCC1=O)C(C)(C)C)C(=O)N1C[C@H]2[C@@H]([C@H]1C(=O)NC(CC1CC1)C(=O)C(N)=O)C2(C)C.CCCCC(NC(=O)[C@@H]1[C@@H]2[C@H](CN1C(=O)[C@@H](NC(=O)NC1(CN3C(=O)c4ccccc4C3=O)CCCCC1)C(C)(C)C)C2(C)C)C(=O)C(N)=O. The second-order valence-corrected chi connectivity index (χ2v) is 50.2. The number of rotatable bonds is 36. The van der Waals surface area contributed by atoms with Crippen LogP contribution < -0.4 is 64.6 Å². The summed E-state index contributed by atoms with van der Waals surface area (Å²) >= 11 is 0. The maximum atomic E-state index is 14.6. The highest BCUT2D eigenvalue weighted by Crippen LogP contribution is 2.67. The van der Waals surface area contributed by atoms with Crippen molar-refractivity contribution in [2.45, 2.75) is 344 Å². The Morgan fingerprint density at radius 3 is 1.05 bits per heavy atom. The summed E-state index contributed by atoms with van der Waals surface area (Å²) in [6.07, 6.45) is 15.8. The van der Waals surface area contributed by atoms with E-state index in [2.05, 4.69) is 73.6 Å². The smallest absolute Gasteiger partial charge is 0.315 e. The lowest BCUT2D eigenvalue weighted by molar-refractivity contribution is -0.149. The van der Waals surface area contributed by atoms with Gasteiger partial charge in [-0.05, 0) is 161 Å². The van der Waals surface area contributed by atoms with Gasteiger partial charge in [-0.15, -0.1) is 6.58 Å². The third-order valence-corrected chi connectivity index (χ3v) is 34.0. The van der Waals surface area contributed by atoms with E-state index >= 15 is 0 Å². The topological polar surface area (TPSA) is 550 Å². The number of likely N-dealkylation sites (tertiary alicyclic amines) is 4. The Morgan fingerprint density at radius 1 is 0.416 bits per heavy atom. The molecule has 0 aromatic heterocycles. The number of nitrogens with two attached hydrogens (primary N) is 2. The number of nitrogens with one attached hydrogen (secondary N) is 10. The van der Waals surface area contributed by atoms with Crippen molar-refractivity contribution in [1.82, 2.24) is 82.6 Å². The van der Waals surface area contributed by atoms with Crippen molar-refractivity contribution in [3.63, 3.8) is 0 Å². The molecule has 13 aliphatic rings. The number of carbonyl (C=O) groups is 21. The van der Waals surface area contributed by atoms with Crippen molar-refractivity contribution in [2.75, 3.05) is 45.8 Å². The minimum atomic E-state index is -1.13. The Balaban J connectivity index is 0.000000187. The molecular weight excluding hydrogens is 1910 g/mol. The van der Waals surface area contributed by atoms with Gasteiger partial charge in [0.25, 0.3) is 41.4 Å². The molecule has 6 aliphatic heterocycles. The molecule has 0 bridgehead atoms. The van der Waals surface area contributed by atoms with E-state index in [0.29, 0.717) is 93.3 Å². The summed E-state index contributed by atoms with van der Waals surface area (Å²) in [5, 5.41) is 28.6. The number of hydrogen-bond donors (Lipinski definition) is 12. The Bertz CT molecular complexity index is 5550. The van der Waals surface area contributed by atoms with Crippen molar-refractivity contribution in [3.05, 3.63) is 83.4 Å². The lowest BCUT2D eigenvalue weighted by atomic mass is 9.81. The van der Waals surface area contributed by atoms with Gasteiger partial charge >= 0.3 is 18.1 Å². The van der Waals surface area contributed by atoms with Gasteiger partial charge in [0.15, 0.2) is 0 Å². The van der Waals surface area contributed by atoms with Crippen molar-refractivity contribution in [1.29, 1.82) is 0 Å². The molecule has 39 nitrogen and oxygen atoms in total. The molecule has 14 N–H and O–H groups in total. The molecule has 7 saturated carbocycles. The monoisotopic (exact) mass is 2070 g/mol. The number of fused-ring (bicyclic) bond motifs is 5. The molecule has 2 aromatic carbocycles. The number of nitrogens with zero attached hydrogens (tertiary/aromatic N) is 6. The van der Waals surface area contributed by atoms with Crippen LogP contribution in [0, 0.1) is 85.2 Å². The van der Waals surface area contributed by atoms with Crippen LogP contribution in [0.15, 0.2) is 61.2 Å². The van der Waals surface area contributed by atoms with Crippen LogP contribution >= 0.6 is 0 Å². The zero-order valence-corrected chi connectivity index (χ0v) is 90.2. The predicted molar refractivity (Wildman–Crippen MR) is 549 cm³/mol. The van der Waals surface area contributed by atoms with E-state index in [1.54, 1.807) is 48.5 Å². The fourth-order valence-corrected chi connectivity index (χ4v) is 24.3. The Labute approximate surface area is 873 Å². The van der Waals surface area contributed by atoms with Crippen LogP contribution in [0.1, 0.15) is 314 Å². The summed E-state index contributed by atoms with van der Waals surface area (Å²) in [6.45, 7) is 41.0. The van der Waals surface area contributed by atoms with Crippen LogP contribution in [0.4, 0.5) is 14.4 Å². The summed E-state index contributed by atoms with van der Waals surface area (Å²) in [5.74, 6) is -10.2. The molecular formula is C110H158N18O21. The van der Waals surface area contributed by atoms with E-state index < -0.39 is 194 Å². The Morgan fingerprint density at radius 2 is 0.738 bits per heavy atom. The second-order valence-electron chi connectivity index (χ2n) is 50.2. The first kappa shape index (κ1) is 114. The normalized spacial score (nSPS) is 25.2. The Kier molecular flexibility index (Phi) is 33.5. The van der Waals surface area contributed by atoms with Crippen LogP contribution in [0.3, 0.4) is 0 Å². The maximum absolute atomic E-state index is 14.6. The summed E-state index contributed by atoms with van der Waals surface area (Å²) < 4.78 is 0. The van der Waals surface area contributed by atoms with Crippen LogP contribution in [0.5, 0.6) is 0 Å². The van der Waals surface area contributed by atoms with E-state index in [0.717, 1.165) is 70.6 Å². The molecule has 0 spiro atoms. The van der Waals surface area contributed by atoms with Gasteiger partial charge in [-0.25, -0.2) is 14.4 Å². The summed E-state index contributed by atoms with van der Waals surface area (Å²) in [6, 6.07) is 2.00. The fourth-order valence-electron chi connectivity index (χ4n) is 24.3. The van der Waals surface area contributed by atoms with Gasteiger partial charge in [-0.3, -0.25) is 101 Å². The molecule has 39 heteroatoms. The minimum absolute atomic E-state index is 0.0108. The number of piperidine rings is 4. The molecule has 2 aromatic rings. The van der Waals surface area contributed by atoms with Crippen LogP contribution in [0.2, 0.25) is 0 Å². The van der Waals surface area contributed by atoms with Gasteiger partial charge in [0.2, 0.25) is 64.6 Å². The lowest BCUT2D eigenvalue weighted by Crippen LogP contribution is -2.64. The van der Waals surface area contributed by atoms with Crippen molar-refractivity contribution in [3.8, 4) is 0 Å². The van der Waals surface area contributed by atoms with Gasteiger partial charge in [0.1, 0.15) is 36.3 Å². The largest absolute Gasteiger partial charge is 0.363 e. The molecule has 7 aliphatic carbocycles. The number of urea groups is 3. The molecule has 21 amide bonds. The van der Waals surface area contributed by atoms with E-state index in [4.69, 9.17) is 11.5 Å². The van der Waals surface area contributed by atoms with Crippen molar-refractivity contribution >= 4 is 124 Å². The summed E-state index contributed by atoms with van der Waals surface area (Å²) in [4.78, 5) is 288. The van der Waals surface area contributed by atoms with Gasteiger partial charge in [0, 0.05) is 45.6 Å². The molecule has 3 unspecified atom stereocenters. The highest BCUT2D eigenvalue weighted by Gasteiger charge is 2.73. The van der Waals surface area contributed by atoms with Crippen molar-refractivity contribution in [2.24, 2.45) is 96.7 Å². The number of imide groups is 3. The number of primary amides is 2. The molecule has 0 radical (unpaired) electrons. The molecule has 16 atom stereocenters. The standard InChI is InChI=1S/C40H54N6O7.C37H52N6O7.C33H52N6O7/c1-7-19-41-33(49)30(47)27(20-23-15-16-23)42-32(48)29-28-26(39(28,5)6)21-45(29)36(52)31(38(2,3)4)43-37(53)44-40(17-11-8-12-18-40)22-46-34(50)24-13-9-10-14-25(24)35(46)51;1-7-8-16-24(27(44)29(38)45)39-30(46)26-25-23(36(25,5)6)19-42(26)33(49)28(35(2,3)4)40-34(50)41-37(17-12-9-13-18-37)20-43-31(47)21-14-10-11-15-22(21)32(43)48;1-31(2,3)20(16-38-21(40)10-9-11-22(38)41)36-30(46)37-26(32(4,5)6)29(45)39-15-18-23(33(18,7)8)24(39)28(44)35-19(14-17-12-13-17)25(42)27(34)43/h7,9-10,13-14,23,26-29,31H,1,8,11-12,15-22H2,2-6H3,(H,41,49)(H,42,48)(H2,43,44,53);10-11,14-15,23-26,28H,7-9,12-13,16-20H2,1-6H3,(H2,38,45)(H,39,46)(H2,40,41,50);17-20,23-24,26H,9-16H2,1-8H3,(H2,34,43)(H,35,44)(H2,36,37,46)/t26-,27?,28-,29-,31+;23-,24?,25-,26-,28+;18-,19?,20+,23-,24-,26+/m000/s1. The average molecular weight is 2070 g/mol. The molecule has 4 saturated heterocycles. The van der Waals surface area contributed by atoms with Crippen LogP contribution in [-0.2, 0) is 67.1 Å². The molecule has 15 rings (SSSR count). The number of amides is 21. The predicted octanol–water partition coefficient (Wildman–Crippen LogP) is 7.73. The number of ketones is 3. The van der Waals surface area contributed by atoms with Crippen LogP contribution in [0.25, 0.3) is 0 Å². The molecule has 6 heterocycles. The zero-order chi connectivity index (χ0) is 110. The van der Waals surface area contributed by atoms with E-state index in [-0.39, 0.29) is 133 Å². The fraction of sp³-hybridized carbons (Fsp3) is 0.682. The third kappa shape index (κ3) is 24.9. The quantitative estimate of drug-likeness (QED) is 0.0176. The van der Waals surface area contributed by atoms with Gasteiger partial charge < -0.3 is 79.3 Å². The maximum Gasteiger partial charge on any atom is 0.315 e. The van der Waals surface area contributed by atoms with Crippen LogP contribution in [-0.4, -0.2) is 271 Å². The number of carbonyl (C=O) groups excluding carboxylic acids is 21. The van der Waals surface area contributed by atoms with Gasteiger partial charge in [-0.2, -0.15) is 0 Å². The number of hydrogen-bond acceptors (Lipinski definition) is 21. The summed E-state index contributed by atoms with van der Waals surface area (Å²) in [5.41, 5.74) is 6.72. The molecule has 11 fully saturated rings. The first-order valence-electron chi connectivity index (χ1n) is 53.5. The van der Waals surface area contributed by atoms with Gasteiger partial charge in [-0.1, -0.05) is 239 Å². The van der Waals surface area contributed by atoms with E-state index in [9.17, 15) is 101 Å². The summed E-state index contributed by atoms with van der Waals surface area (Å²) in [7, 11) is 0. The zero-order valence-electron chi connectivity index (χ0n) is 90.2. The highest BCUT2D eigenvalue weighted by atomic mass is 16.2. The minimum Gasteiger partial charge on any atom is -0.363 e. The molecule has 149 heavy (non-hydrogen) atoms. The lowest BCUT2D eigenvalue weighted by Gasteiger charge is -2.42. The van der Waals surface area contributed by atoms with Gasteiger partial charge in [0.05, 0.1) is 70.6 Å². The average Bonchev–Trinajstić information content (AvgIpc) is 1.53. The highest BCUT2D eigenvalue weighted by molar-refractivity contribution is 6.39. The Hall–Kier alpha value is -12.4. The molecule has 814 valence electrons. The number of benzene rings is 2. The first-order chi connectivity index (χ1) is 69.6. The van der Waals surface area contributed by atoms with E-state index in [1.165, 1.54) is 35.5 Å². The first-order valence-corrected chi connectivity index (χ1v) is 53.5. The third-order valence-electron chi connectivity index (χ3n) is 34.0. The second kappa shape index (κ2) is 43.9. The number of unbranched alkanes of at least 4 members (excludes halogenated alkanes) is 1. The van der Waals surface area contributed by atoms with E-state index in [1.807, 2.05) is 118 Å².